The Bertz CT molecular complexity index is 1530. The van der Waals surface area contributed by atoms with E-state index in [4.69, 9.17) is 0 Å². The lowest BCUT2D eigenvalue weighted by atomic mass is 10.1. The minimum Gasteiger partial charge on any atom is -0.406 e. The van der Waals surface area contributed by atoms with Crippen LogP contribution in [0.4, 0.5) is 18.3 Å². The number of ether oxygens (including phenoxy) is 1. The van der Waals surface area contributed by atoms with Gasteiger partial charge >= 0.3 is 6.36 Å². The number of hydrogen-bond donors (Lipinski definition) is 1. The molecule has 0 unspecified atom stereocenters. The van der Waals surface area contributed by atoms with Crippen molar-refractivity contribution in [2.45, 2.75) is 12.9 Å². The molecule has 5 aromatic rings. The number of para-hydroxylation sites is 2. The SMILES string of the molecule is O=C(Cn1c2ccccc2c(=O)c2ccccc21)Nc1nc2ccc(OC(F)(F)F)cc2s1. The van der Waals surface area contributed by atoms with Gasteiger partial charge in [0.15, 0.2) is 10.6 Å². The zero-order valence-corrected chi connectivity index (χ0v) is 17.5. The molecule has 0 fully saturated rings. The topological polar surface area (TPSA) is 73.2 Å². The van der Waals surface area contributed by atoms with Crippen LogP contribution in [0, 0.1) is 0 Å². The van der Waals surface area contributed by atoms with E-state index >= 15 is 0 Å². The van der Waals surface area contributed by atoms with Crippen LogP contribution in [0.15, 0.2) is 71.5 Å². The maximum absolute atomic E-state index is 12.9. The highest BCUT2D eigenvalue weighted by atomic mass is 32.1. The fraction of sp³-hybridized carbons (Fsp3) is 0.0870. The normalized spacial score (nSPS) is 11.8. The van der Waals surface area contributed by atoms with Crippen molar-refractivity contribution in [3.05, 3.63) is 77.0 Å². The minimum absolute atomic E-state index is 0.0837. The number of carbonyl (C=O) groups is 1. The molecule has 0 aliphatic carbocycles. The summed E-state index contributed by atoms with van der Waals surface area (Å²) in [6.07, 6.45) is -4.79. The zero-order chi connectivity index (χ0) is 23.2. The lowest BCUT2D eigenvalue weighted by Crippen LogP contribution is -2.21. The van der Waals surface area contributed by atoms with Gasteiger partial charge in [0.05, 0.1) is 21.3 Å². The molecule has 2 heterocycles. The van der Waals surface area contributed by atoms with Crippen molar-refractivity contribution in [3.63, 3.8) is 0 Å². The van der Waals surface area contributed by atoms with Crippen molar-refractivity contribution in [2.24, 2.45) is 0 Å². The second-order valence-corrected chi connectivity index (χ2v) is 8.22. The molecule has 0 spiro atoms. The monoisotopic (exact) mass is 469 g/mol. The Hall–Kier alpha value is -3.92. The maximum atomic E-state index is 12.9. The second kappa shape index (κ2) is 7.89. The minimum atomic E-state index is -4.79. The molecule has 6 nitrogen and oxygen atoms in total. The highest BCUT2D eigenvalue weighted by molar-refractivity contribution is 7.22. The number of pyridine rings is 1. The Labute approximate surface area is 187 Å². The number of nitrogens with one attached hydrogen (secondary N) is 1. The molecule has 1 amide bonds. The van der Waals surface area contributed by atoms with Gasteiger partial charge in [-0.2, -0.15) is 0 Å². The molecule has 0 aliphatic heterocycles. The lowest BCUT2D eigenvalue weighted by Gasteiger charge is -2.14. The van der Waals surface area contributed by atoms with E-state index in [1.54, 1.807) is 53.1 Å². The average molecular weight is 469 g/mol. The van der Waals surface area contributed by atoms with E-state index < -0.39 is 6.36 Å². The zero-order valence-electron chi connectivity index (χ0n) is 16.7. The largest absolute Gasteiger partial charge is 0.573 e. The van der Waals surface area contributed by atoms with Gasteiger partial charge in [0.25, 0.3) is 0 Å². The van der Waals surface area contributed by atoms with Crippen LogP contribution in [0.1, 0.15) is 0 Å². The molecule has 166 valence electrons. The molecule has 10 heteroatoms. The molecule has 0 radical (unpaired) electrons. The van der Waals surface area contributed by atoms with Crippen LogP contribution >= 0.6 is 11.3 Å². The van der Waals surface area contributed by atoms with Crippen molar-refractivity contribution in [2.75, 3.05) is 5.32 Å². The summed E-state index contributed by atoms with van der Waals surface area (Å²) in [5.74, 6) is -0.748. The van der Waals surface area contributed by atoms with Crippen LogP contribution in [0.2, 0.25) is 0 Å². The molecular formula is C23H14F3N3O3S. The van der Waals surface area contributed by atoms with Gasteiger partial charge in [-0.05, 0) is 36.4 Å². The van der Waals surface area contributed by atoms with E-state index in [0.717, 1.165) is 11.3 Å². The Kier molecular flexibility index (Phi) is 5.01. The summed E-state index contributed by atoms with van der Waals surface area (Å²) in [5.41, 5.74) is 1.56. The number of alkyl halides is 3. The smallest absolute Gasteiger partial charge is 0.406 e. The van der Waals surface area contributed by atoms with Crippen molar-refractivity contribution in [1.29, 1.82) is 0 Å². The van der Waals surface area contributed by atoms with Crippen molar-refractivity contribution >= 4 is 54.4 Å². The lowest BCUT2D eigenvalue weighted by molar-refractivity contribution is -0.274. The number of hydrogen-bond acceptors (Lipinski definition) is 5. The van der Waals surface area contributed by atoms with Gasteiger partial charge in [0.2, 0.25) is 5.91 Å². The van der Waals surface area contributed by atoms with Crippen LogP contribution in [0.25, 0.3) is 32.0 Å². The number of carbonyl (C=O) groups excluding carboxylic acids is 1. The number of amides is 1. The van der Waals surface area contributed by atoms with Crippen LogP contribution in [-0.4, -0.2) is 21.8 Å². The van der Waals surface area contributed by atoms with Crippen molar-refractivity contribution in [1.82, 2.24) is 9.55 Å². The Morgan fingerprint density at radius 3 is 2.27 bits per heavy atom. The van der Waals surface area contributed by atoms with Gasteiger partial charge in [0, 0.05) is 16.8 Å². The quantitative estimate of drug-likeness (QED) is 0.363. The third kappa shape index (κ3) is 4.12. The fourth-order valence-electron chi connectivity index (χ4n) is 3.71. The fourth-order valence-corrected chi connectivity index (χ4v) is 4.62. The van der Waals surface area contributed by atoms with Gasteiger partial charge in [-0.15, -0.1) is 13.2 Å². The molecule has 0 atom stereocenters. The standard InChI is InChI=1S/C23H14F3N3O3S/c24-23(25,26)32-13-9-10-16-19(11-13)33-22(27-16)28-20(30)12-29-17-7-3-1-5-14(17)21(31)15-6-2-4-8-18(15)29/h1-11H,12H2,(H,27,28,30). The third-order valence-electron chi connectivity index (χ3n) is 5.02. The molecule has 3 aromatic carbocycles. The first-order valence-electron chi connectivity index (χ1n) is 9.75. The van der Waals surface area contributed by atoms with Crippen molar-refractivity contribution in [3.8, 4) is 5.75 Å². The third-order valence-corrected chi connectivity index (χ3v) is 5.95. The Morgan fingerprint density at radius 1 is 1.00 bits per heavy atom. The second-order valence-electron chi connectivity index (χ2n) is 7.19. The predicted octanol–water partition coefficient (Wildman–Crippen LogP) is 5.30. The summed E-state index contributed by atoms with van der Waals surface area (Å²) in [7, 11) is 0. The summed E-state index contributed by atoms with van der Waals surface area (Å²) in [5, 5.41) is 3.94. The highest BCUT2D eigenvalue weighted by Crippen LogP contribution is 2.31. The Morgan fingerprint density at radius 2 is 1.64 bits per heavy atom. The molecule has 0 bridgehead atoms. The van der Waals surface area contributed by atoms with E-state index in [2.05, 4.69) is 15.0 Å². The molecule has 2 aromatic heterocycles. The maximum Gasteiger partial charge on any atom is 0.573 e. The molecule has 33 heavy (non-hydrogen) atoms. The predicted molar refractivity (Wildman–Crippen MR) is 121 cm³/mol. The first-order valence-corrected chi connectivity index (χ1v) is 10.6. The number of fused-ring (bicyclic) bond motifs is 3. The molecular weight excluding hydrogens is 455 g/mol. The van der Waals surface area contributed by atoms with Crippen LogP contribution in [0.5, 0.6) is 5.75 Å². The number of halogens is 3. The molecule has 0 saturated heterocycles. The van der Waals surface area contributed by atoms with Gasteiger partial charge < -0.3 is 14.6 Å². The molecule has 0 saturated carbocycles. The van der Waals surface area contributed by atoms with E-state index in [9.17, 15) is 22.8 Å². The summed E-state index contributed by atoms with van der Waals surface area (Å²) in [6, 6.07) is 17.9. The van der Waals surface area contributed by atoms with E-state index in [1.807, 2.05) is 0 Å². The first-order chi connectivity index (χ1) is 15.8. The van der Waals surface area contributed by atoms with Crippen LogP contribution < -0.4 is 15.5 Å². The Balaban J connectivity index is 1.46. The van der Waals surface area contributed by atoms with E-state index in [-0.39, 0.29) is 28.8 Å². The average Bonchev–Trinajstić information content (AvgIpc) is 3.17. The van der Waals surface area contributed by atoms with Crippen LogP contribution in [0.3, 0.4) is 0 Å². The number of rotatable bonds is 4. The van der Waals surface area contributed by atoms with E-state index in [0.29, 0.717) is 32.0 Å². The summed E-state index contributed by atoms with van der Waals surface area (Å²) >= 11 is 1.04. The molecule has 1 N–H and O–H groups in total. The van der Waals surface area contributed by atoms with Gasteiger partial charge in [-0.25, -0.2) is 4.98 Å². The van der Waals surface area contributed by atoms with Crippen molar-refractivity contribution < 1.29 is 22.7 Å². The molecule has 5 rings (SSSR count). The van der Waals surface area contributed by atoms with Gasteiger partial charge in [0.1, 0.15) is 12.3 Å². The van der Waals surface area contributed by atoms with Gasteiger partial charge in [-0.3, -0.25) is 9.59 Å². The number of thiazole rings is 1. The number of aromatic nitrogens is 2. The number of nitrogens with zero attached hydrogens (tertiary/aromatic N) is 2. The molecule has 0 aliphatic rings. The first kappa shape index (κ1) is 21.0. The summed E-state index contributed by atoms with van der Waals surface area (Å²) < 4.78 is 43.5. The summed E-state index contributed by atoms with van der Waals surface area (Å²) in [6.45, 7) is -0.0837. The summed E-state index contributed by atoms with van der Waals surface area (Å²) in [4.78, 5) is 30.0. The van der Waals surface area contributed by atoms with Gasteiger partial charge in [-0.1, -0.05) is 35.6 Å². The highest BCUT2D eigenvalue weighted by Gasteiger charge is 2.31. The van der Waals surface area contributed by atoms with E-state index in [1.165, 1.54) is 18.2 Å². The van der Waals surface area contributed by atoms with Crippen LogP contribution in [-0.2, 0) is 11.3 Å². The number of benzene rings is 3. The number of anilines is 1.